The van der Waals surface area contributed by atoms with Crippen LogP contribution >= 0.6 is 0 Å². The lowest BCUT2D eigenvalue weighted by molar-refractivity contribution is -0.136. The van der Waals surface area contributed by atoms with Crippen LogP contribution in [0, 0.1) is 5.92 Å². The molecule has 1 aliphatic rings. The molecule has 1 heterocycles. The van der Waals surface area contributed by atoms with Gasteiger partial charge in [0.25, 0.3) is 0 Å². The van der Waals surface area contributed by atoms with E-state index in [1.165, 1.54) is 6.92 Å². The van der Waals surface area contributed by atoms with E-state index >= 15 is 0 Å². The number of alkyl halides is 3. The van der Waals surface area contributed by atoms with Crippen molar-refractivity contribution in [2.24, 2.45) is 5.92 Å². The number of nitrogens with zero attached hydrogens (tertiary/aromatic N) is 1. The molecule has 0 aromatic rings. The fourth-order valence-corrected chi connectivity index (χ4v) is 2.69. The normalized spacial score (nSPS) is 19.2. The number of methoxy groups -OCH3 is 1. The summed E-state index contributed by atoms with van der Waals surface area (Å²) in [6, 6.07) is 0. The predicted molar refractivity (Wildman–Crippen MR) is 82.1 cm³/mol. The molecule has 0 bridgehead atoms. The van der Waals surface area contributed by atoms with E-state index in [4.69, 9.17) is 4.74 Å². The summed E-state index contributed by atoms with van der Waals surface area (Å²) in [5.74, 6) is -2.85. The lowest BCUT2D eigenvalue weighted by atomic mass is 9.99. The molecular formula is C14H20F3NO7S. The van der Waals surface area contributed by atoms with Crippen molar-refractivity contribution in [3.05, 3.63) is 11.3 Å². The number of amides is 1. The van der Waals surface area contributed by atoms with E-state index < -0.39 is 57.1 Å². The predicted octanol–water partition coefficient (Wildman–Crippen LogP) is 2.17. The molecule has 0 radical (unpaired) electrons. The molecule has 8 nitrogen and oxygen atoms in total. The van der Waals surface area contributed by atoms with Gasteiger partial charge in [0.15, 0.2) is 0 Å². The van der Waals surface area contributed by atoms with E-state index in [0.717, 1.165) is 12.0 Å². The first-order valence-corrected chi connectivity index (χ1v) is 8.80. The third kappa shape index (κ3) is 5.26. The Morgan fingerprint density at radius 2 is 1.73 bits per heavy atom. The van der Waals surface area contributed by atoms with Gasteiger partial charge in [-0.3, -0.25) is 0 Å². The molecule has 0 aromatic heterocycles. The molecule has 1 atom stereocenters. The van der Waals surface area contributed by atoms with Crippen LogP contribution in [-0.4, -0.2) is 56.7 Å². The van der Waals surface area contributed by atoms with E-state index in [1.54, 1.807) is 20.8 Å². The Kier molecular flexibility index (Phi) is 6.22. The van der Waals surface area contributed by atoms with Crippen LogP contribution in [0.1, 0.15) is 27.7 Å². The summed E-state index contributed by atoms with van der Waals surface area (Å²) in [7, 11) is -5.01. The molecule has 0 saturated heterocycles. The molecule has 150 valence electrons. The van der Waals surface area contributed by atoms with Crippen molar-refractivity contribution in [3.8, 4) is 0 Å². The Morgan fingerprint density at radius 3 is 2.15 bits per heavy atom. The SMILES string of the molecule is COC(=O)C1=C(OS(=O)(=O)C(F)(F)F)C(C)CN(C(=O)OC(C)(C)C)C1. The van der Waals surface area contributed by atoms with Gasteiger partial charge in [0.1, 0.15) is 11.4 Å². The highest BCUT2D eigenvalue weighted by atomic mass is 32.2. The minimum Gasteiger partial charge on any atom is -0.466 e. The molecule has 0 aromatic carbocycles. The van der Waals surface area contributed by atoms with Crippen LogP contribution in [0.4, 0.5) is 18.0 Å². The minimum absolute atomic E-state index is 0.210. The van der Waals surface area contributed by atoms with Gasteiger partial charge in [0.2, 0.25) is 0 Å². The summed E-state index contributed by atoms with van der Waals surface area (Å²) in [4.78, 5) is 25.1. The summed E-state index contributed by atoms with van der Waals surface area (Å²) in [6.07, 6.45) is -0.816. The third-order valence-corrected chi connectivity index (χ3v) is 4.12. The summed E-state index contributed by atoms with van der Waals surface area (Å²) in [6.45, 7) is 5.41. The molecule has 0 fully saturated rings. The van der Waals surface area contributed by atoms with Crippen molar-refractivity contribution >= 4 is 22.2 Å². The number of esters is 1. The highest BCUT2D eigenvalue weighted by molar-refractivity contribution is 7.87. The van der Waals surface area contributed by atoms with Crippen LogP contribution in [0.3, 0.4) is 0 Å². The zero-order valence-corrected chi connectivity index (χ0v) is 15.7. The number of ether oxygens (including phenoxy) is 2. The minimum atomic E-state index is -5.97. The lowest BCUT2D eigenvalue weighted by Gasteiger charge is -2.34. The Hall–Kier alpha value is -1.98. The molecule has 1 aliphatic heterocycles. The Bertz CT molecular complexity index is 707. The van der Waals surface area contributed by atoms with Gasteiger partial charge in [-0.15, -0.1) is 0 Å². The fourth-order valence-electron chi connectivity index (χ4n) is 2.10. The average molecular weight is 403 g/mol. The van der Waals surface area contributed by atoms with E-state index in [2.05, 4.69) is 8.92 Å². The van der Waals surface area contributed by atoms with Crippen molar-refractivity contribution in [2.75, 3.05) is 20.2 Å². The molecule has 12 heteroatoms. The van der Waals surface area contributed by atoms with Gasteiger partial charge in [-0.2, -0.15) is 21.6 Å². The first-order chi connectivity index (χ1) is 11.6. The number of halogens is 3. The van der Waals surface area contributed by atoms with E-state index in [1.807, 2.05) is 0 Å². The van der Waals surface area contributed by atoms with Crippen molar-refractivity contribution in [3.63, 3.8) is 0 Å². The molecule has 0 saturated carbocycles. The van der Waals surface area contributed by atoms with E-state index in [9.17, 15) is 31.2 Å². The second-order valence-corrected chi connectivity index (χ2v) is 8.12. The Morgan fingerprint density at radius 1 is 1.19 bits per heavy atom. The zero-order chi connectivity index (χ0) is 20.5. The topological polar surface area (TPSA) is 99.2 Å². The van der Waals surface area contributed by atoms with Gasteiger partial charge in [0, 0.05) is 12.5 Å². The van der Waals surface area contributed by atoms with Crippen molar-refractivity contribution in [1.29, 1.82) is 0 Å². The average Bonchev–Trinajstić information content (AvgIpc) is 2.45. The Labute approximate surface area is 149 Å². The van der Waals surface area contributed by atoms with Gasteiger partial charge in [-0.1, -0.05) is 6.92 Å². The highest BCUT2D eigenvalue weighted by Gasteiger charge is 2.50. The molecule has 1 unspecified atom stereocenters. The number of hydrogen-bond acceptors (Lipinski definition) is 7. The number of carbonyl (C=O) groups excluding carboxylic acids is 2. The van der Waals surface area contributed by atoms with Gasteiger partial charge < -0.3 is 18.6 Å². The summed E-state index contributed by atoms with van der Waals surface area (Å²) >= 11 is 0. The number of hydrogen-bond donors (Lipinski definition) is 0. The van der Waals surface area contributed by atoms with Crippen molar-refractivity contribution in [2.45, 2.75) is 38.8 Å². The number of carbonyl (C=O) groups is 2. The summed E-state index contributed by atoms with van der Waals surface area (Å²) < 4.78 is 74.1. The van der Waals surface area contributed by atoms with E-state index in [-0.39, 0.29) is 6.54 Å². The fraction of sp³-hybridized carbons (Fsp3) is 0.714. The maximum absolute atomic E-state index is 12.6. The Balaban J connectivity index is 3.25. The van der Waals surface area contributed by atoms with Gasteiger partial charge in [-0.05, 0) is 20.8 Å². The lowest BCUT2D eigenvalue weighted by Crippen LogP contribution is -2.45. The van der Waals surface area contributed by atoms with Crippen LogP contribution in [0.2, 0.25) is 0 Å². The summed E-state index contributed by atoms with van der Waals surface area (Å²) in [5.41, 5.74) is -7.01. The van der Waals surface area contributed by atoms with Crippen LogP contribution in [0.5, 0.6) is 0 Å². The van der Waals surface area contributed by atoms with Crippen LogP contribution in [0.15, 0.2) is 11.3 Å². The molecule has 1 rings (SSSR count). The second-order valence-electron chi connectivity index (χ2n) is 6.58. The molecule has 1 amide bonds. The van der Waals surface area contributed by atoms with Crippen molar-refractivity contribution in [1.82, 2.24) is 4.90 Å². The summed E-state index contributed by atoms with van der Waals surface area (Å²) in [5, 5.41) is 0. The van der Waals surface area contributed by atoms with Crippen LogP contribution in [0.25, 0.3) is 0 Å². The molecule has 0 N–H and O–H groups in total. The van der Waals surface area contributed by atoms with Gasteiger partial charge >= 0.3 is 27.7 Å². The smallest absolute Gasteiger partial charge is 0.466 e. The highest BCUT2D eigenvalue weighted by Crippen LogP contribution is 2.33. The first-order valence-electron chi connectivity index (χ1n) is 7.39. The largest absolute Gasteiger partial charge is 0.534 e. The van der Waals surface area contributed by atoms with Crippen molar-refractivity contribution < 1.29 is 44.8 Å². The monoisotopic (exact) mass is 403 g/mol. The maximum atomic E-state index is 12.6. The quantitative estimate of drug-likeness (QED) is 0.404. The van der Waals surface area contributed by atoms with Crippen LogP contribution in [-0.2, 0) is 28.6 Å². The maximum Gasteiger partial charge on any atom is 0.534 e. The van der Waals surface area contributed by atoms with Crippen LogP contribution < -0.4 is 0 Å². The zero-order valence-electron chi connectivity index (χ0n) is 14.8. The molecule has 26 heavy (non-hydrogen) atoms. The van der Waals surface area contributed by atoms with E-state index in [0.29, 0.717) is 0 Å². The standard InChI is InChI=1S/C14H20F3NO7S/c1-8-6-18(12(20)24-13(2,3)4)7-9(11(19)23-5)10(8)25-26(21,22)14(15,16)17/h8H,6-7H2,1-5H3. The second kappa shape index (κ2) is 7.33. The third-order valence-electron chi connectivity index (χ3n) is 3.15. The van der Waals surface area contributed by atoms with Gasteiger partial charge in [0.05, 0.1) is 19.2 Å². The first kappa shape index (κ1) is 22.1. The molecular weight excluding hydrogens is 383 g/mol. The molecule has 0 aliphatic carbocycles. The van der Waals surface area contributed by atoms with Gasteiger partial charge in [-0.25, -0.2) is 9.59 Å². The number of rotatable bonds is 3. The molecule has 0 spiro atoms.